The molecular weight excluding hydrogens is 227 g/mol. The third-order valence-electron chi connectivity index (χ3n) is 4.20. The van der Waals surface area contributed by atoms with Gasteiger partial charge in [0.1, 0.15) is 5.82 Å². The number of aromatic nitrogens is 1. The molecule has 2 aromatic rings. The molecule has 18 heavy (non-hydrogen) atoms. The van der Waals surface area contributed by atoms with Gasteiger partial charge in [-0.25, -0.2) is 4.39 Å². The fourth-order valence-corrected chi connectivity index (χ4v) is 3.10. The molecule has 1 unspecified atom stereocenters. The highest BCUT2D eigenvalue weighted by molar-refractivity contribution is 5.86. The van der Waals surface area contributed by atoms with Crippen LogP contribution in [-0.2, 0) is 13.5 Å². The smallest absolute Gasteiger partial charge is 0.147 e. The quantitative estimate of drug-likeness (QED) is 0.862. The summed E-state index contributed by atoms with van der Waals surface area (Å²) < 4.78 is 15.9. The van der Waals surface area contributed by atoms with Gasteiger partial charge < -0.3 is 9.88 Å². The number of benzene rings is 1. The monoisotopic (exact) mass is 246 g/mol. The van der Waals surface area contributed by atoms with E-state index in [4.69, 9.17) is 0 Å². The summed E-state index contributed by atoms with van der Waals surface area (Å²) in [5, 5.41) is 4.59. The number of halogens is 1. The summed E-state index contributed by atoms with van der Waals surface area (Å²) in [4.78, 5) is 0. The van der Waals surface area contributed by atoms with E-state index in [1.807, 2.05) is 23.7 Å². The largest absolute Gasteiger partial charge is 0.345 e. The van der Waals surface area contributed by atoms with Crippen LogP contribution in [0.2, 0.25) is 0 Å². The predicted octanol–water partition coefficient (Wildman–Crippen LogP) is 2.92. The first-order valence-electron chi connectivity index (χ1n) is 6.64. The van der Waals surface area contributed by atoms with Gasteiger partial charge in [-0.3, -0.25) is 0 Å². The van der Waals surface area contributed by atoms with E-state index in [2.05, 4.69) is 12.2 Å². The fraction of sp³-hybridized carbons (Fsp3) is 0.467. The van der Waals surface area contributed by atoms with E-state index in [0.29, 0.717) is 6.04 Å². The van der Waals surface area contributed by atoms with Crippen LogP contribution in [0.4, 0.5) is 4.39 Å². The molecule has 0 radical (unpaired) electrons. The van der Waals surface area contributed by atoms with Gasteiger partial charge in [-0.1, -0.05) is 12.1 Å². The standard InChI is InChI=1S/C15H19FN2/c1-10-13(9-11-5-4-8-17-11)12-6-3-7-14(16)15(12)18(10)2/h3,6-7,11,17H,4-5,8-9H2,1-2H3. The maximum atomic E-state index is 13.9. The van der Waals surface area contributed by atoms with E-state index in [0.717, 1.165) is 23.9 Å². The van der Waals surface area contributed by atoms with E-state index < -0.39 is 0 Å². The Labute approximate surface area is 107 Å². The highest BCUT2D eigenvalue weighted by atomic mass is 19.1. The van der Waals surface area contributed by atoms with Crippen LogP contribution in [-0.4, -0.2) is 17.2 Å². The summed E-state index contributed by atoms with van der Waals surface area (Å²) in [5.41, 5.74) is 3.22. The summed E-state index contributed by atoms with van der Waals surface area (Å²) >= 11 is 0. The average molecular weight is 246 g/mol. The Morgan fingerprint density at radius 2 is 2.28 bits per heavy atom. The van der Waals surface area contributed by atoms with E-state index in [-0.39, 0.29) is 5.82 Å². The summed E-state index contributed by atoms with van der Waals surface area (Å²) in [6.07, 6.45) is 3.49. The lowest BCUT2D eigenvalue weighted by Crippen LogP contribution is -2.23. The van der Waals surface area contributed by atoms with E-state index in [9.17, 15) is 4.39 Å². The SMILES string of the molecule is Cc1c(CC2CCCN2)c2cccc(F)c2n1C. The minimum atomic E-state index is -0.122. The highest BCUT2D eigenvalue weighted by Gasteiger charge is 2.20. The lowest BCUT2D eigenvalue weighted by atomic mass is 10.0. The molecule has 1 N–H and O–H groups in total. The van der Waals surface area contributed by atoms with Crippen LogP contribution in [0.5, 0.6) is 0 Å². The second-order valence-electron chi connectivity index (χ2n) is 5.26. The highest BCUT2D eigenvalue weighted by Crippen LogP contribution is 2.28. The van der Waals surface area contributed by atoms with Crippen LogP contribution in [0, 0.1) is 12.7 Å². The number of nitrogens with zero attached hydrogens (tertiary/aromatic N) is 1. The summed E-state index contributed by atoms with van der Waals surface area (Å²) in [6.45, 7) is 3.20. The van der Waals surface area contributed by atoms with Crippen molar-refractivity contribution in [3.05, 3.63) is 35.3 Å². The van der Waals surface area contributed by atoms with Gasteiger partial charge in [0.15, 0.2) is 0 Å². The molecule has 1 aliphatic heterocycles. The maximum absolute atomic E-state index is 13.9. The van der Waals surface area contributed by atoms with Gasteiger partial charge >= 0.3 is 0 Å². The van der Waals surface area contributed by atoms with Crippen LogP contribution in [0.1, 0.15) is 24.1 Å². The van der Waals surface area contributed by atoms with Crippen molar-refractivity contribution in [1.29, 1.82) is 0 Å². The third-order valence-corrected chi connectivity index (χ3v) is 4.20. The average Bonchev–Trinajstić information content (AvgIpc) is 2.94. The van der Waals surface area contributed by atoms with Crippen molar-refractivity contribution in [1.82, 2.24) is 9.88 Å². The first-order chi connectivity index (χ1) is 8.68. The van der Waals surface area contributed by atoms with Gasteiger partial charge in [-0.15, -0.1) is 0 Å². The topological polar surface area (TPSA) is 17.0 Å². The molecule has 2 nitrogen and oxygen atoms in total. The molecule has 0 aliphatic carbocycles. The van der Waals surface area contributed by atoms with Crippen molar-refractivity contribution < 1.29 is 4.39 Å². The lowest BCUT2D eigenvalue weighted by Gasteiger charge is -2.10. The van der Waals surface area contributed by atoms with E-state index in [1.165, 1.54) is 24.1 Å². The summed E-state index contributed by atoms with van der Waals surface area (Å²) in [6, 6.07) is 5.94. The number of nitrogens with one attached hydrogen (secondary N) is 1. The number of hydrogen-bond acceptors (Lipinski definition) is 1. The van der Waals surface area contributed by atoms with Crippen molar-refractivity contribution in [2.75, 3.05) is 6.54 Å². The molecular formula is C15H19FN2. The maximum Gasteiger partial charge on any atom is 0.147 e. The summed E-state index contributed by atoms with van der Waals surface area (Å²) in [5.74, 6) is -0.122. The van der Waals surface area contributed by atoms with Crippen LogP contribution in [0.15, 0.2) is 18.2 Å². The van der Waals surface area contributed by atoms with Crippen molar-refractivity contribution in [3.8, 4) is 0 Å². The Hall–Kier alpha value is -1.35. The second-order valence-corrected chi connectivity index (χ2v) is 5.26. The Bertz CT molecular complexity index is 580. The molecule has 3 rings (SSSR count). The molecule has 1 fully saturated rings. The molecule has 0 bridgehead atoms. The second kappa shape index (κ2) is 4.39. The van der Waals surface area contributed by atoms with Gasteiger partial charge in [-0.2, -0.15) is 0 Å². The zero-order chi connectivity index (χ0) is 12.7. The van der Waals surface area contributed by atoms with Gasteiger partial charge in [-0.05, 0) is 44.4 Å². The van der Waals surface area contributed by atoms with E-state index >= 15 is 0 Å². The van der Waals surface area contributed by atoms with E-state index in [1.54, 1.807) is 6.07 Å². The Kier molecular flexibility index (Phi) is 2.86. The molecule has 1 aromatic carbocycles. The number of aryl methyl sites for hydroxylation is 1. The molecule has 0 spiro atoms. The van der Waals surface area contributed by atoms with Crippen molar-refractivity contribution in [3.63, 3.8) is 0 Å². The van der Waals surface area contributed by atoms with Crippen LogP contribution in [0.25, 0.3) is 10.9 Å². The molecule has 1 atom stereocenters. The van der Waals surface area contributed by atoms with Crippen LogP contribution >= 0.6 is 0 Å². The molecule has 1 saturated heterocycles. The molecule has 3 heteroatoms. The fourth-order valence-electron chi connectivity index (χ4n) is 3.10. The van der Waals surface area contributed by atoms with Crippen molar-refractivity contribution in [2.45, 2.75) is 32.2 Å². The first kappa shape index (κ1) is 11.7. The molecule has 1 aromatic heterocycles. The zero-order valence-corrected chi connectivity index (χ0v) is 11.0. The Morgan fingerprint density at radius 1 is 1.44 bits per heavy atom. The van der Waals surface area contributed by atoms with Gasteiger partial charge in [0.2, 0.25) is 0 Å². The predicted molar refractivity (Wildman–Crippen MR) is 72.3 cm³/mol. The van der Waals surface area contributed by atoms with Gasteiger partial charge in [0, 0.05) is 24.2 Å². The van der Waals surface area contributed by atoms with Gasteiger partial charge in [0.05, 0.1) is 5.52 Å². The molecule has 0 amide bonds. The van der Waals surface area contributed by atoms with Crippen molar-refractivity contribution >= 4 is 10.9 Å². The normalized spacial score (nSPS) is 19.8. The molecule has 96 valence electrons. The van der Waals surface area contributed by atoms with Crippen LogP contribution < -0.4 is 5.32 Å². The zero-order valence-electron chi connectivity index (χ0n) is 11.0. The first-order valence-corrected chi connectivity index (χ1v) is 6.64. The number of fused-ring (bicyclic) bond motifs is 1. The van der Waals surface area contributed by atoms with Crippen LogP contribution in [0.3, 0.4) is 0 Å². The van der Waals surface area contributed by atoms with Crippen molar-refractivity contribution in [2.24, 2.45) is 7.05 Å². The Balaban J connectivity index is 2.10. The number of hydrogen-bond donors (Lipinski definition) is 1. The number of para-hydroxylation sites is 1. The lowest BCUT2D eigenvalue weighted by molar-refractivity contribution is 0.602. The minimum absolute atomic E-state index is 0.122. The van der Waals surface area contributed by atoms with Gasteiger partial charge in [0.25, 0.3) is 0 Å². The summed E-state index contributed by atoms with van der Waals surface area (Å²) in [7, 11) is 1.95. The third kappa shape index (κ3) is 1.74. The molecule has 1 aliphatic rings. The molecule has 0 saturated carbocycles. The molecule has 2 heterocycles. The number of rotatable bonds is 2. The Morgan fingerprint density at radius 3 is 3.00 bits per heavy atom. The minimum Gasteiger partial charge on any atom is -0.345 e.